The van der Waals surface area contributed by atoms with Gasteiger partial charge in [-0.05, 0) is 38.1 Å². The molecule has 3 rings (SSSR count). The third kappa shape index (κ3) is 3.33. The summed E-state index contributed by atoms with van der Waals surface area (Å²) in [6.07, 6.45) is 1.74. The van der Waals surface area contributed by atoms with Crippen LogP contribution in [-0.2, 0) is 0 Å². The van der Waals surface area contributed by atoms with Gasteiger partial charge in [0.05, 0.1) is 25.3 Å². The van der Waals surface area contributed by atoms with E-state index in [1.807, 2.05) is 30.3 Å². The molecule has 2 aromatic heterocycles. The summed E-state index contributed by atoms with van der Waals surface area (Å²) >= 11 is 0. The predicted molar refractivity (Wildman–Crippen MR) is 99.6 cm³/mol. The Balaban J connectivity index is 1.91. The third-order valence-electron chi connectivity index (χ3n) is 4.15. The maximum Gasteiger partial charge on any atom is 0.259 e. The van der Waals surface area contributed by atoms with Crippen LogP contribution in [-0.4, -0.2) is 42.4 Å². The molecule has 0 saturated heterocycles. The molecule has 1 aromatic carbocycles. The van der Waals surface area contributed by atoms with Crippen molar-refractivity contribution >= 4 is 5.82 Å². The minimum Gasteiger partial charge on any atom is -0.493 e. The minimum absolute atomic E-state index is 0.406. The van der Waals surface area contributed by atoms with Crippen LogP contribution in [0.15, 0.2) is 41.1 Å². The van der Waals surface area contributed by atoms with Gasteiger partial charge in [-0.15, -0.1) is 0 Å². The predicted octanol–water partition coefficient (Wildman–Crippen LogP) is 3.66. The van der Waals surface area contributed by atoms with Crippen molar-refractivity contribution in [2.24, 2.45) is 0 Å². The van der Waals surface area contributed by atoms with Crippen molar-refractivity contribution in [3.63, 3.8) is 0 Å². The van der Waals surface area contributed by atoms with Gasteiger partial charge in [0.25, 0.3) is 5.89 Å². The highest BCUT2D eigenvalue weighted by atomic mass is 16.5. The van der Waals surface area contributed by atoms with E-state index in [-0.39, 0.29) is 0 Å². The van der Waals surface area contributed by atoms with E-state index >= 15 is 0 Å². The summed E-state index contributed by atoms with van der Waals surface area (Å²) in [6, 6.07) is 9.42. The molecule has 0 aliphatic rings. The molecule has 0 radical (unpaired) electrons. The molecule has 0 aliphatic carbocycles. The lowest BCUT2D eigenvalue weighted by molar-refractivity contribution is 0.355. The van der Waals surface area contributed by atoms with Crippen molar-refractivity contribution in [3.05, 3.63) is 36.5 Å². The molecule has 0 spiro atoms. The lowest BCUT2D eigenvalue weighted by Gasteiger charge is -2.19. The second kappa shape index (κ2) is 7.86. The zero-order valence-electron chi connectivity index (χ0n) is 15.4. The van der Waals surface area contributed by atoms with Crippen LogP contribution in [0.1, 0.15) is 13.8 Å². The second-order valence-electron chi connectivity index (χ2n) is 5.54. The summed E-state index contributed by atoms with van der Waals surface area (Å²) in [5.74, 6) is 2.94. The van der Waals surface area contributed by atoms with Crippen LogP contribution in [0.25, 0.3) is 22.8 Å². The fourth-order valence-electron chi connectivity index (χ4n) is 2.76. The van der Waals surface area contributed by atoms with Gasteiger partial charge in [0, 0.05) is 19.3 Å². The molecule has 0 unspecified atom stereocenters. The molecule has 0 bridgehead atoms. The number of para-hydroxylation sites is 1. The van der Waals surface area contributed by atoms with E-state index in [2.05, 4.69) is 33.9 Å². The van der Waals surface area contributed by atoms with Crippen LogP contribution in [0.3, 0.4) is 0 Å². The summed E-state index contributed by atoms with van der Waals surface area (Å²) in [5, 5.41) is 4.08. The first-order valence-electron chi connectivity index (χ1n) is 8.48. The van der Waals surface area contributed by atoms with Crippen LogP contribution >= 0.6 is 0 Å². The Kier molecular flexibility index (Phi) is 5.36. The fourth-order valence-corrected chi connectivity index (χ4v) is 2.76. The average molecular weight is 354 g/mol. The number of nitrogens with zero attached hydrogens (tertiary/aromatic N) is 4. The van der Waals surface area contributed by atoms with E-state index in [9.17, 15) is 0 Å². The average Bonchev–Trinajstić information content (AvgIpc) is 3.18. The molecular formula is C19H22N4O3. The molecule has 0 amide bonds. The normalized spacial score (nSPS) is 10.6. The van der Waals surface area contributed by atoms with Gasteiger partial charge in [0.1, 0.15) is 5.82 Å². The van der Waals surface area contributed by atoms with Crippen molar-refractivity contribution in [2.75, 3.05) is 32.2 Å². The third-order valence-corrected chi connectivity index (χ3v) is 4.15. The highest BCUT2D eigenvalue weighted by molar-refractivity contribution is 5.69. The van der Waals surface area contributed by atoms with E-state index in [1.165, 1.54) is 0 Å². The van der Waals surface area contributed by atoms with Gasteiger partial charge in [-0.2, -0.15) is 4.98 Å². The van der Waals surface area contributed by atoms with Crippen molar-refractivity contribution in [1.82, 2.24) is 15.1 Å². The van der Waals surface area contributed by atoms with Crippen molar-refractivity contribution in [3.8, 4) is 34.3 Å². The topological polar surface area (TPSA) is 73.5 Å². The standard InChI is InChI=1S/C19H22N4O3/c1-5-23(6-2)16-11-10-13(12-20-16)19-21-18(22-26-19)14-8-7-9-15(24-3)17(14)25-4/h7-12H,5-6H2,1-4H3. The number of hydrogen-bond donors (Lipinski definition) is 0. The SMILES string of the molecule is CCN(CC)c1ccc(-c2nc(-c3cccc(OC)c3OC)no2)cn1. The molecular weight excluding hydrogens is 332 g/mol. The van der Waals surface area contributed by atoms with Crippen LogP contribution < -0.4 is 14.4 Å². The largest absolute Gasteiger partial charge is 0.493 e. The molecule has 0 N–H and O–H groups in total. The number of rotatable bonds is 7. The van der Waals surface area contributed by atoms with Gasteiger partial charge in [0.2, 0.25) is 5.82 Å². The molecule has 26 heavy (non-hydrogen) atoms. The maximum atomic E-state index is 5.44. The van der Waals surface area contributed by atoms with E-state index in [0.29, 0.717) is 28.8 Å². The minimum atomic E-state index is 0.406. The first-order chi connectivity index (χ1) is 12.7. The summed E-state index contributed by atoms with van der Waals surface area (Å²) < 4.78 is 16.2. The zero-order valence-corrected chi connectivity index (χ0v) is 15.4. The summed E-state index contributed by atoms with van der Waals surface area (Å²) in [4.78, 5) is 11.1. The van der Waals surface area contributed by atoms with Gasteiger partial charge >= 0.3 is 0 Å². The monoisotopic (exact) mass is 354 g/mol. The first kappa shape index (κ1) is 17.7. The Bertz CT molecular complexity index is 857. The molecule has 136 valence electrons. The molecule has 7 nitrogen and oxygen atoms in total. The first-order valence-corrected chi connectivity index (χ1v) is 8.48. The number of ether oxygens (including phenoxy) is 2. The summed E-state index contributed by atoms with van der Waals surface area (Å²) in [7, 11) is 3.17. The van der Waals surface area contributed by atoms with E-state index in [4.69, 9.17) is 14.0 Å². The summed E-state index contributed by atoms with van der Waals surface area (Å²) in [5.41, 5.74) is 1.47. The van der Waals surface area contributed by atoms with Gasteiger partial charge in [-0.25, -0.2) is 4.98 Å². The number of aromatic nitrogens is 3. The Labute approximate surface area is 152 Å². The summed E-state index contributed by atoms with van der Waals surface area (Å²) in [6.45, 7) is 6.02. The van der Waals surface area contributed by atoms with Crippen LogP contribution in [0.4, 0.5) is 5.82 Å². The fraction of sp³-hybridized carbons (Fsp3) is 0.316. The van der Waals surface area contributed by atoms with E-state index in [0.717, 1.165) is 24.5 Å². The van der Waals surface area contributed by atoms with Crippen molar-refractivity contribution in [2.45, 2.75) is 13.8 Å². The molecule has 2 heterocycles. The van der Waals surface area contributed by atoms with Gasteiger partial charge in [-0.3, -0.25) is 0 Å². The van der Waals surface area contributed by atoms with Gasteiger partial charge in [-0.1, -0.05) is 11.2 Å². The second-order valence-corrected chi connectivity index (χ2v) is 5.54. The number of benzene rings is 1. The van der Waals surface area contributed by atoms with Crippen LogP contribution in [0, 0.1) is 0 Å². The number of pyridine rings is 1. The highest BCUT2D eigenvalue weighted by Gasteiger charge is 2.18. The lowest BCUT2D eigenvalue weighted by atomic mass is 10.1. The molecule has 0 fully saturated rings. The quantitative estimate of drug-likeness (QED) is 0.641. The Morgan fingerprint density at radius 1 is 1.04 bits per heavy atom. The molecule has 7 heteroatoms. The smallest absolute Gasteiger partial charge is 0.259 e. The van der Waals surface area contributed by atoms with Crippen LogP contribution in [0.5, 0.6) is 11.5 Å². The van der Waals surface area contributed by atoms with Gasteiger partial charge in [0.15, 0.2) is 11.5 Å². The van der Waals surface area contributed by atoms with Crippen molar-refractivity contribution < 1.29 is 14.0 Å². The number of methoxy groups -OCH3 is 2. The maximum absolute atomic E-state index is 5.44. The molecule has 3 aromatic rings. The van der Waals surface area contributed by atoms with Crippen LogP contribution in [0.2, 0.25) is 0 Å². The van der Waals surface area contributed by atoms with Gasteiger partial charge < -0.3 is 18.9 Å². The Morgan fingerprint density at radius 3 is 2.46 bits per heavy atom. The molecule has 0 atom stereocenters. The molecule has 0 aliphatic heterocycles. The Morgan fingerprint density at radius 2 is 1.85 bits per heavy atom. The Hall–Kier alpha value is -3.09. The zero-order chi connectivity index (χ0) is 18.5. The van der Waals surface area contributed by atoms with Crippen molar-refractivity contribution in [1.29, 1.82) is 0 Å². The van der Waals surface area contributed by atoms with E-state index < -0.39 is 0 Å². The number of anilines is 1. The molecule has 0 saturated carbocycles. The van der Waals surface area contributed by atoms with E-state index in [1.54, 1.807) is 20.4 Å². The highest BCUT2D eigenvalue weighted by Crippen LogP contribution is 2.37. The lowest BCUT2D eigenvalue weighted by Crippen LogP contribution is -2.22. The number of hydrogen-bond acceptors (Lipinski definition) is 7.